The maximum atomic E-state index is 13.8. The van der Waals surface area contributed by atoms with E-state index in [1.807, 2.05) is 91.0 Å². The second-order valence-electron chi connectivity index (χ2n) is 12.3. The van der Waals surface area contributed by atoms with Gasteiger partial charge in [0.2, 0.25) is 5.95 Å². The van der Waals surface area contributed by atoms with Crippen molar-refractivity contribution in [1.82, 2.24) is 29.8 Å². The molecule has 0 aliphatic carbocycles. The average Bonchev–Trinajstić information content (AvgIpc) is 3.81. The second kappa shape index (κ2) is 15.6. The minimum Gasteiger partial charge on any atom is -0.358 e. The maximum Gasteiger partial charge on any atom is 0.417 e. The summed E-state index contributed by atoms with van der Waals surface area (Å²) in [5, 5.41) is 14.5. The van der Waals surface area contributed by atoms with E-state index < -0.39 is 52.0 Å². The predicted molar refractivity (Wildman–Crippen MR) is 200 cm³/mol. The second-order valence-corrected chi connectivity index (χ2v) is 13.3. The molecule has 1 aliphatic heterocycles. The molecule has 0 bridgehead atoms. The standard InChI is InChI=1S/C38H30BrClF3N7O4/c39-19-18-24-22-49(36(52)45-34(24)51)33-21-31(44-35-46-47-48-50(35)28-16-17-30(40)29(20-28)38(41,42)43)32(54-33)23-53-37(25-10-4-1-5-11-25,26-12-6-2-7-13-26)27-14-8-3-9-15-27/h1-20,22,31-33H,21,23H2,(H,44,46,48)(H,45,51,52)/b19-18+/t31-,32+,33+/m0/s1. The Kier molecular flexibility index (Phi) is 10.7. The molecule has 3 atom stereocenters. The Bertz CT molecular complexity index is 2280. The normalized spacial score (nSPS) is 17.6. The lowest BCUT2D eigenvalue weighted by molar-refractivity contribution is -0.137. The lowest BCUT2D eigenvalue weighted by Crippen LogP contribution is -2.40. The van der Waals surface area contributed by atoms with Crippen LogP contribution in [0.25, 0.3) is 11.8 Å². The molecule has 0 radical (unpaired) electrons. The Morgan fingerprint density at radius 2 is 1.56 bits per heavy atom. The third-order valence-electron chi connectivity index (χ3n) is 9.07. The van der Waals surface area contributed by atoms with E-state index in [9.17, 15) is 22.8 Å². The van der Waals surface area contributed by atoms with E-state index in [1.165, 1.54) is 27.9 Å². The van der Waals surface area contributed by atoms with Gasteiger partial charge in [-0.2, -0.15) is 17.9 Å². The number of hydrogen-bond donors (Lipinski definition) is 2. The molecule has 54 heavy (non-hydrogen) atoms. The number of rotatable bonds is 11. The zero-order chi connectivity index (χ0) is 37.9. The third kappa shape index (κ3) is 7.40. The van der Waals surface area contributed by atoms with Crippen molar-refractivity contribution in [1.29, 1.82) is 0 Å². The van der Waals surface area contributed by atoms with Gasteiger partial charge in [-0.05, 0) is 56.4 Å². The molecule has 2 N–H and O–H groups in total. The van der Waals surface area contributed by atoms with Crippen LogP contribution in [0, 0.1) is 0 Å². The van der Waals surface area contributed by atoms with Crippen LogP contribution in [0.2, 0.25) is 5.02 Å². The largest absolute Gasteiger partial charge is 0.417 e. The Morgan fingerprint density at radius 3 is 2.13 bits per heavy atom. The molecule has 0 unspecified atom stereocenters. The van der Waals surface area contributed by atoms with Gasteiger partial charge >= 0.3 is 11.9 Å². The van der Waals surface area contributed by atoms with Crippen LogP contribution in [0.5, 0.6) is 0 Å². The quantitative estimate of drug-likeness (QED) is 0.130. The van der Waals surface area contributed by atoms with Gasteiger partial charge in [-0.1, -0.05) is 124 Å². The summed E-state index contributed by atoms with van der Waals surface area (Å²) in [5.41, 5.74) is -0.733. The fourth-order valence-corrected chi connectivity index (χ4v) is 7.07. The van der Waals surface area contributed by atoms with E-state index >= 15 is 0 Å². The molecular weight excluding hydrogens is 791 g/mol. The number of nitrogens with one attached hydrogen (secondary N) is 2. The molecule has 7 rings (SSSR count). The van der Waals surface area contributed by atoms with E-state index in [4.69, 9.17) is 21.1 Å². The van der Waals surface area contributed by atoms with Gasteiger partial charge in [-0.25, -0.2) is 4.79 Å². The number of halogens is 5. The molecule has 11 nitrogen and oxygen atoms in total. The number of nitrogens with zero attached hydrogens (tertiary/aromatic N) is 5. The predicted octanol–water partition coefficient (Wildman–Crippen LogP) is 7.33. The van der Waals surface area contributed by atoms with Crippen LogP contribution in [-0.4, -0.2) is 48.5 Å². The van der Waals surface area contributed by atoms with Crippen LogP contribution in [0.3, 0.4) is 0 Å². The molecule has 6 aromatic rings. The number of tetrazole rings is 1. The summed E-state index contributed by atoms with van der Waals surface area (Å²) in [7, 11) is 0. The summed E-state index contributed by atoms with van der Waals surface area (Å²) in [4.78, 5) is 29.5. The number of H-pyrrole nitrogens is 1. The van der Waals surface area contributed by atoms with Crippen molar-refractivity contribution >= 4 is 39.6 Å². The first-order valence-electron chi connectivity index (χ1n) is 16.6. The van der Waals surface area contributed by atoms with Gasteiger partial charge in [-0.3, -0.25) is 14.3 Å². The zero-order valence-corrected chi connectivity index (χ0v) is 30.4. The van der Waals surface area contributed by atoms with Crippen LogP contribution in [0.15, 0.2) is 130 Å². The summed E-state index contributed by atoms with van der Waals surface area (Å²) in [6, 6.07) is 31.8. The van der Waals surface area contributed by atoms with Crippen LogP contribution < -0.4 is 16.6 Å². The lowest BCUT2D eigenvalue weighted by Gasteiger charge is -2.37. The van der Waals surface area contributed by atoms with Crippen LogP contribution in [-0.2, 0) is 21.3 Å². The Labute approximate surface area is 319 Å². The van der Waals surface area contributed by atoms with Crippen molar-refractivity contribution in [3.63, 3.8) is 0 Å². The highest BCUT2D eigenvalue weighted by molar-refractivity contribution is 9.11. The number of aromatic nitrogens is 6. The van der Waals surface area contributed by atoms with Gasteiger partial charge in [0.25, 0.3) is 5.56 Å². The Balaban J connectivity index is 1.29. The first-order valence-corrected chi connectivity index (χ1v) is 17.9. The molecule has 1 aliphatic rings. The van der Waals surface area contributed by atoms with Crippen molar-refractivity contribution < 1.29 is 22.6 Å². The SMILES string of the molecule is O=c1[nH]c(=O)n([C@H]2C[C@H](Nc3nnnn3-c3ccc(Cl)c(C(F)(F)F)c3)[C@@H](COC(c3ccccc3)(c3ccccc3)c3ccccc3)O2)cc1/C=C/Br. The van der Waals surface area contributed by atoms with Gasteiger partial charge in [0, 0.05) is 12.6 Å². The van der Waals surface area contributed by atoms with E-state index in [0.29, 0.717) is 0 Å². The summed E-state index contributed by atoms with van der Waals surface area (Å²) in [6.07, 6.45) is -3.43. The molecule has 0 spiro atoms. The maximum absolute atomic E-state index is 13.8. The number of aromatic amines is 1. The number of ether oxygens (including phenoxy) is 2. The van der Waals surface area contributed by atoms with Gasteiger partial charge < -0.3 is 14.8 Å². The minimum atomic E-state index is -4.72. The van der Waals surface area contributed by atoms with E-state index in [0.717, 1.165) is 33.5 Å². The summed E-state index contributed by atoms with van der Waals surface area (Å²) < 4.78 is 57.4. The van der Waals surface area contributed by atoms with E-state index in [1.54, 1.807) is 0 Å². The van der Waals surface area contributed by atoms with Crippen molar-refractivity contribution in [2.45, 2.75) is 36.6 Å². The lowest BCUT2D eigenvalue weighted by atomic mass is 9.80. The Hall–Kier alpha value is -5.35. The van der Waals surface area contributed by atoms with E-state index in [-0.39, 0.29) is 30.2 Å². The first kappa shape index (κ1) is 37.0. The Morgan fingerprint density at radius 1 is 0.944 bits per heavy atom. The van der Waals surface area contributed by atoms with Crippen molar-refractivity contribution in [3.05, 3.63) is 174 Å². The van der Waals surface area contributed by atoms with Crippen molar-refractivity contribution in [3.8, 4) is 5.69 Å². The minimum absolute atomic E-state index is 0.00166. The number of benzene rings is 4. The topological polar surface area (TPSA) is 129 Å². The van der Waals surface area contributed by atoms with Gasteiger partial charge in [0.15, 0.2) is 0 Å². The molecule has 16 heteroatoms. The molecule has 1 fully saturated rings. The highest BCUT2D eigenvalue weighted by Crippen LogP contribution is 2.42. The fourth-order valence-electron chi connectivity index (χ4n) is 6.56. The summed E-state index contributed by atoms with van der Waals surface area (Å²) in [6.45, 7) is -0.0557. The summed E-state index contributed by atoms with van der Waals surface area (Å²) >= 11 is 9.06. The van der Waals surface area contributed by atoms with Crippen LogP contribution in [0.4, 0.5) is 19.1 Å². The smallest absolute Gasteiger partial charge is 0.358 e. The highest BCUT2D eigenvalue weighted by Gasteiger charge is 2.43. The molecule has 276 valence electrons. The average molecular weight is 821 g/mol. The first-order chi connectivity index (χ1) is 26.1. The van der Waals surface area contributed by atoms with Gasteiger partial charge in [-0.15, -0.1) is 0 Å². The van der Waals surface area contributed by atoms with Crippen molar-refractivity contribution in [2.75, 3.05) is 11.9 Å². The number of anilines is 1. The molecule has 0 saturated carbocycles. The van der Waals surface area contributed by atoms with Crippen molar-refractivity contribution in [2.24, 2.45) is 0 Å². The molecule has 4 aromatic carbocycles. The van der Waals surface area contributed by atoms with Gasteiger partial charge in [0.05, 0.1) is 34.5 Å². The molecule has 2 aromatic heterocycles. The zero-order valence-electron chi connectivity index (χ0n) is 28.0. The van der Waals surface area contributed by atoms with Crippen LogP contribution in [0.1, 0.15) is 40.5 Å². The number of hydrogen-bond acceptors (Lipinski definition) is 8. The molecular formula is C38H30BrClF3N7O4. The molecule has 3 heterocycles. The summed E-state index contributed by atoms with van der Waals surface area (Å²) in [5.74, 6) is 0.00173. The number of alkyl halides is 3. The third-order valence-corrected chi connectivity index (χ3v) is 9.67. The molecule has 1 saturated heterocycles. The van der Waals surface area contributed by atoms with Crippen LogP contribution >= 0.6 is 27.5 Å². The van der Waals surface area contributed by atoms with Gasteiger partial charge in [0.1, 0.15) is 17.9 Å². The fraction of sp³-hybridized carbons (Fsp3) is 0.184. The highest BCUT2D eigenvalue weighted by atomic mass is 79.9. The molecule has 0 amide bonds. The van der Waals surface area contributed by atoms with E-state index in [2.05, 4.69) is 41.8 Å². The monoisotopic (exact) mass is 819 g/mol.